The van der Waals surface area contributed by atoms with Crippen molar-refractivity contribution < 1.29 is 19.1 Å². The van der Waals surface area contributed by atoms with Crippen molar-refractivity contribution in [3.05, 3.63) is 35.4 Å². The summed E-state index contributed by atoms with van der Waals surface area (Å²) in [6.45, 7) is 1.11. The largest absolute Gasteiger partial charge is 0.497 e. The molecule has 6 heteroatoms. The first-order valence-corrected chi connectivity index (χ1v) is 7.52. The Hall–Kier alpha value is -2.50. The lowest BCUT2D eigenvalue weighted by Gasteiger charge is -2.28. The Bertz CT molecular complexity index is 625. The number of hydrogen-bond donors (Lipinski definition) is 1. The van der Waals surface area contributed by atoms with E-state index in [1.807, 2.05) is 18.2 Å². The zero-order chi connectivity index (χ0) is 16.8. The maximum atomic E-state index is 12.5. The van der Waals surface area contributed by atoms with Crippen LogP contribution in [0.25, 0.3) is 0 Å². The van der Waals surface area contributed by atoms with E-state index in [1.165, 1.54) is 0 Å². The van der Waals surface area contributed by atoms with E-state index in [2.05, 4.69) is 0 Å². The lowest BCUT2D eigenvalue weighted by atomic mass is 10.0. The molecule has 1 heterocycles. The lowest BCUT2D eigenvalue weighted by Crippen LogP contribution is -2.35. The molecular formula is C17H22N2O4. The third-order valence-corrected chi connectivity index (χ3v) is 3.85. The number of methoxy groups -OCH3 is 2. The molecule has 1 aromatic carbocycles. The number of ether oxygens (including phenoxy) is 2. The molecule has 0 bridgehead atoms. The second-order valence-corrected chi connectivity index (χ2v) is 5.39. The van der Waals surface area contributed by atoms with E-state index in [9.17, 15) is 9.59 Å². The number of amides is 2. The molecule has 124 valence electrons. The molecular weight excluding hydrogens is 296 g/mol. The predicted octanol–water partition coefficient (Wildman–Crippen LogP) is 1.63. The van der Waals surface area contributed by atoms with Crippen LogP contribution >= 0.6 is 0 Å². The number of nitrogens with zero attached hydrogens (tertiary/aromatic N) is 1. The summed E-state index contributed by atoms with van der Waals surface area (Å²) >= 11 is 0. The number of benzene rings is 1. The molecule has 2 amide bonds. The van der Waals surface area contributed by atoms with Crippen molar-refractivity contribution in [1.82, 2.24) is 4.90 Å². The van der Waals surface area contributed by atoms with Gasteiger partial charge in [0, 0.05) is 36.7 Å². The minimum Gasteiger partial charge on any atom is -0.497 e. The quantitative estimate of drug-likeness (QED) is 0.828. The van der Waals surface area contributed by atoms with Gasteiger partial charge in [0.2, 0.25) is 11.8 Å². The topological polar surface area (TPSA) is 81.9 Å². The fraction of sp³-hybridized carbons (Fsp3) is 0.412. The van der Waals surface area contributed by atoms with Crippen LogP contribution in [0.4, 0.5) is 0 Å². The first-order valence-electron chi connectivity index (χ1n) is 7.52. The van der Waals surface area contributed by atoms with Crippen molar-refractivity contribution in [2.24, 2.45) is 5.73 Å². The van der Waals surface area contributed by atoms with Gasteiger partial charge in [0.1, 0.15) is 11.5 Å². The average Bonchev–Trinajstić information content (AvgIpc) is 2.55. The first kappa shape index (κ1) is 16.9. The molecule has 2 N–H and O–H groups in total. The van der Waals surface area contributed by atoms with Gasteiger partial charge in [0.25, 0.3) is 0 Å². The Kier molecular flexibility index (Phi) is 5.62. The van der Waals surface area contributed by atoms with Crippen LogP contribution in [0.2, 0.25) is 0 Å². The Morgan fingerprint density at radius 3 is 2.74 bits per heavy atom. The number of primary amides is 1. The standard InChI is InChI=1S/C17H22N2O4/c1-22-14-7-5-13(15(10-14)23-2)11-19-9-3-4-12(17(19)21)6-8-16(18)20/h4-5,7,10H,3,6,8-9,11H2,1-2H3,(H2,18,20). The van der Waals surface area contributed by atoms with Crippen LogP contribution in [0.15, 0.2) is 29.8 Å². The van der Waals surface area contributed by atoms with Crippen molar-refractivity contribution in [3.63, 3.8) is 0 Å². The molecule has 6 nitrogen and oxygen atoms in total. The van der Waals surface area contributed by atoms with Gasteiger partial charge >= 0.3 is 0 Å². The summed E-state index contributed by atoms with van der Waals surface area (Å²) in [5, 5.41) is 0. The van der Waals surface area contributed by atoms with Gasteiger partial charge in [-0.2, -0.15) is 0 Å². The van der Waals surface area contributed by atoms with Crippen molar-refractivity contribution in [2.75, 3.05) is 20.8 Å². The van der Waals surface area contributed by atoms with Gasteiger partial charge in [-0.15, -0.1) is 0 Å². The molecule has 0 radical (unpaired) electrons. The SMILES string of the molecule is COc1ccc(CN2CCC=C(CCC(N)=O)C2=O)c(OC)c1. The van der Waals surface area contributed by atoms with E-state index in [-0.39, 0.29) is 12.3 Å². The van der Waals surface area contributed by atoms with Crippen molar-refractivity contribution in [3.8, 4) is 11.5 Å². The molecule has 0 aliphatic carbocycles. The average molecular weight is 318 g/mol. The summed E-state index contributed by atoms with van der Waals surface area (Å²) in [6, 6.07) is 5.54. The number of carbonyl (C=O) groups is 2. The number of rotatable bonds is 7. The molecule has 2 rings (SSSR count). The van der Waals surface area contributed by atoms with Gasteiger partial charge in [-0.25, -0.2) is 0 Å². The number of nitrogens with two attached hydrogens (primary N) is 1. The molecule has 1 aliphatic rings. The molecule has 0 saturated heterocycles. The Balaban J connectivity index is 2.10. The Morgan fingerprint density at radius 2 is 2.09 bits per heavy atom. The molecule has 0 atom stereocenters. The summed E-state index contributed by atoms with van der Waals surface area (Å²) in [6.07, 6.45) is 3.26. The zero-order valence-corrected chi connectivity index (χ0v) is 13.5. The van der Waals surface area contributed by atoms with E-state index >= 15 is 0 Å². The van der Waals surface area contributed by atoms with Crippen LogP contribution in [0.3, 0.4) is 0 Å². The molecule has 0 fully saturated rings. The minimum atomic E-state index is -0.396. The van der Waals surface area contributed by atoms with E-state index in [0.717, 1.165) is 12.0 Å². The number of hydrogen-bond acceptors (Lipinski definition) is 4. The number of carbonyl (C=O) groups excluding carboxylic acids is 2. The summed E-state index contributed by atoms with van der Waals surface area (Å²) in [5.41, 5.74) is 6.73. The van der Waals surface area contributed by atoms with Crippen LogP contribution in [-0.4, -0.2) is 37.5 Å². The van der Waals surface area contributed by atoms with Crippen LogP contribution in [0, 0.1) is 0 Å². The maximum Gasteiger partial charge on any atom is 0.249 e. The van der Waals surface area contributed by atoms with Crippen molar-refractivity contribution in [1.29, 1.82) is 0 Å². The molecule has 0 spiro atoms. The maximum absolute atomic E-state index is 12.5. The monoisotopic (exact) mass is 318 g/mol. The second kappa shape index (κ2) is 7.67. The van der Waals surface area contributed by atoms with Crippen molar-refractivity contribution in [2.45, 2.75) is 25.8 Å². The molecule has 0 saturated carbocycles. The van der Waals surface area contributed by atoms with E-state index in [0.29, 0.717) is 36.6 Å². The van der Waals surface area contributed by atoms with Gasteiger partial charge in [-0.1, -0.05) is 6.08 Å². The van der Waals surface area contributed by atoms with Crippen molar-refractivity contribution >= 4 is 11.8 Å². The first-order chi connectivity index (χ1) is 11.0. The second-order valence-electron chi connectivity index (χ2n) is 5.39. The van der Waals surface area contributed by atoms with Crippen LogP contribution in [0.1, 0.15) is 24.8 Å². The summed E-state index contributed by atoms with van der Waals surface area (Å²) in [5.74, 6) is 0.950. The summed E-state index contributed by atoms with van der Waals surface area (Å²) < 4.78 is 10.6. The molecule has 23 heavy (non-hydrogen) atoms. The molecule has 1 aromatic rings. The van der Waals surface area contributed by atoms with E-state index in [4.69, 9.17) is 15.2 Å². The highest BCUT2D eigenvalue weighted by Crippen LogP contribution is 2.27. The third kappa shape index (κ3) is 4.25. The third-order valence-electron chi connectivity index (χ3n) is 3.85. The van der Waals surface area contributed by atoms with E-state index in [1.54, 1.807) is 25.2 Å². The van der Waals surface area contributed by atoms with Gasteiger partial charge in [0.15, 0.2) is 0 Å². The highest BCUT2D eigenvalue weighted by Gasteiger charge is 2.23. The van der Waals surface area contributed by atoms with E-state index < -0.39 is 5.91 Å². The van der Waals surface area contributed by atoms with Gasteiger partial charge < -0.3 is 20.1 Å². The summed E-state index contributed by atoms with van der Waals surface area (Å²) in [7, 11) is 3.19. The Labute approximate surface area is 135 Å². The molecule has 1 aliphatic heterocycles. The van der Waals surface area contributed by atoms with Crippen LogP contribution < -0.4 is 15.2 Å². The fourth-order valence-electron chi connectivity index (χ4n) is 2.59. The van der Waals surface area contributed by atoms with Gasteiger partial charge in [-0.3, -0.25) is 9.59 Å². The highest BCUT2D eigenvalue weighted by molar-refractivity contribution is 5.94. The smallest absolute Gasteiger partial charge is 0.249 e. The summed E-state index contributed by atoms with van der Waals surface area (Å²) in [4.78, 5) is 25.2. The normalized spacial score (nSPS) is 14.4. The van der Waals surface area contributed by atoms with Crippen LogP contribution in [0.5, 0.6) is 11.5 Å². The van der Waals surface area contributed by atoms with Crippen LogP contribution in [-0.2, 0) is 16.1 Å². The molecule has 0 aromatic heterocycles. The zero-order valence-electron chi connectivity index (χ0n) is 13.5. The highest BCUT2D eigenvalue weighted by atomic mass is 16.5. The lowest BCUT2D eigenvalue weighted by molar-refractivity contribution is -0.128. The predicted molar refractivity (Wildman–Crippen MR) is 86.1 cm³/mol. The van der Waals surface area contributed by atoms with Gasteiger partial charge in [0.05, 0.1) is 14.2 Å². The Morgan fingerprint density at radius 1 is 1.30 bits per heavy atom. The minimum absolute atomic E-state index is 0.0460. The van der Waals surface area contributed by atoms with Gasteiger partial charge in [-0.05, 0) is 25.0 Å². The fourth-order valence-corrected chi connectivity index (χ4v) is 2.59. The molecule has 0 unspecified atom stereocenters.